The zero-order chi connectivity index (χ0) is 17.8. The van der Waals surface area contributed by atoms with Crippen molar-refractivity contribution in [3.05, 3.63) is 60.4 Å². The van der Waals surface area contributed by atoms with Gasteiger partial charge in [0.05, 0.1) is 0 Å². The molecule has 1 atom stereocenters. The summed E-state index contributed by atoms with van der Waals surface area (Å²) >= 11 is 1.87. The SMILES string of the molecule is O=C(NCCn1ccc2ccccc21)c1cccnc1O[C@@H]1CCSC1. The van der Waals surface area contributed by atoms with Crippen LogP contribution < -0.4 is 10.1 Å². The van der Waals surface area contributed by atoms with Crippen LogP contribution in [-0.2, 0) is 6.54 Å². The number of benzene rings is 1. The molecule has 1 aromatic carbocycles. The Morgan fingerprint density at radius 1 is 1.27 bits per heavy atom. The first-order valence-corrected chi connectivity index (χ1v) is 9.98. The normalized spacial score (nSPS) is 16.7. The van der Waals surface area contributed by atoms with Crippen molar-refractivity contribution < 1.29 is 9.53 Å². The third kappa shape index (κ3) is 3.70. The number of nitrogens with zero attached hydrogens (tertiary/aromatic N) is 2. The molecule has 134 valence electrons. The summed E-state index contributed by atoms with van der Waals surface area (Å²) in [6.45, 7) is 1.26. The molecule has 1 saturated heterocycles. The number of fused-ring (bicyclic) bond motifs is 1. The Morgan fingerprint density at radius 2 is 2.19 bits per heavy atom. The number of aromatic nitrogens is 2. The van der Waals surface area contributed by atoms with Gasteiger partial charge in [-0.25, -0.2) is 4.98 Å². The number of hydrogen-bond acceptors (Lipinski definition) is 4. The van der Waals surface area contributed by atoms with Gasteiger partial charge in [0.2, 0.25) is 5.88 Å². The lowest BCUT2D eigenvalue weighted by Gasteiger charge is -2.14. The van der Waals surface area contributed by atoms with E-state index >= 15 is 0 Å². The number of carbonyl (C=O) groups is 1. The van der Waals surface area contributed by atoms with Gasteiger partial charge in [0.15, 0.2) is 0 Å². The van der Waals surface area contributed by atoms with E-state index in [1.807, 2.05) is 30.1 Å². The number of ether oxygens (including phenoxy) is 1. The molecule has 3 aromatic rings. The number of para-hydroxylation sites is 1. The molecular weight excluding hydrogens is 346 g/mol. The highest BCUT2D eigenvalue weighted by Crippen LogP contribution is 2.24. The van der Waals surface area contributed by atoms with Crippen molar-refractivity contribution in [2.75, 3.05) is 18.1 Å². The van der Waals surface area contributed by atoms with E-state index in [0.717, 1.165) is 24.5 Å². The van der Waals surface area contributed by atoms with Gasteiger partial charge in [-0.2, -0.15) is 11.8 Å². The molecule has 0 saturated carbocycles. The second kappa shape index (κ2) is 7.83. The van der Waals surface area contributed by atoms with E-state index in [0.29, 0.717) is 18.0 Å². The van der Waals surface area contributed by atoms with Crippen molar-refractivity contribution in [3.63, 3.8) is 0 Å². The molecule has 1 fully saturated rings. The van der Waals surface area contributed by atoms with E-state index in [1.165, 1.54) is 10.9 Å². The number of hydrogen-bond donors (Lipinski definition) is 1. The van der Waals surface area contributed by atoms with Crippen molar-refractivity contribution in [1.29, 1.82) is 0 Å². The van der Waals surface area contributed by atoms with E-state index in [1.54, 1.807) is 18.3 Å². The van der Waals surface area contributed by atoms with Crippen molar-refractivity contribution in [3.8, 4) is 5.88 Å². The molecule has 1 aliphatic heterocycles. The Kier molecular flexibility index (Phi) is 5.11. The van der Waals surface area contributed by atoms with Crippen LogP contribution in [-0.4, -0.2) is 39.6 Å². The van der Waals surface area contributed by atoms with Crippen LogP contribution in [0.4, 0.5) is 0 Å². The molecule has 4 rings (SSSR count). The van der Waals surface area contributed by atoms with Crippen LogP contribution in [0.15, 0.2) is 54.9 Å². The van der Waals surface area contributed by atoms with Crippen molar-refractivity contribution in [2.45, 2.75) is 19.1 Å². The van der Waals surface area contributed by atoms with Gasteiger partial charge in [0.25, 0.3) is 5.91 Å². The molecule has 5 nitrogen and oxygen atoms in total. The number of pyridine rings is 1. The van der Waals surface area contributed by atoms with Gasteiger partial charge in [0.1, 0.15) is 11.7 Å². The average Bonchev–Trinajstić information content (AvgIpc) is 3.32. The molecule has 6 heteroatoms. The van der Waals surface area contributed by atoms with Gasteiger partial charge in [-0.05, 0) is 41.8 Å². The van der Waals surface area contributed by atoms with E-state index in [9.17, 15) is 4.79 Å². The van der Waals surface area contributed by atoms with Gasteiger partial charge in [-0.15, -0.1) is 0 Å². The molecule has 0 bridgehead atoms. The summed E-state index contributed by atoms with van der Waals surface area (Å²) < 4.78 is 8.08. The first-order chi connectivity index (χ1) is 12.8. The number of amides is 1. The van der Waals surface area contributed by atoms with Gasteiger partial charge in [0, 0.05) is 36.8 Å². The minimum atomic E-state index is -0.143. The predicted molar refractivity (Wildman–Crippen MR) is 105 cm³/mol. The van der Waals surface area contributed by atoms with E-state index in [-0.39, 0.29) is 12.0 Å². The van der Waals surface area contributed by atoms with Crippen LogP contribution in [0.2, 0.25) is 0 Å². The summed E-state index contributed by atoms with van der Waals surface area (Å²) in [5, 5.41) is 4.19. The zero-order valence-corrected chi connectivity index (χ0v) is 15.2. The number of carbonyl (C=O) groups excluding carboxylic acids is 1. The van der Waals surface area contributed by atoms with E-state index in [2.05, 4.69) is 33.1 Å². The van der Waals surface area contributed by atoms with Gasteiger partial charge in [-0.3, -0.25) is 4.79 Å². The zero-order valence-electron chi connectivity index (χ0n) is 14.4. The fourth-order valence-corrected chi connectivity index (χ4v) is 4.24. The molecule has 3 heterocycles. The molecule has 1 aliphatic rings. The topological polar surface area (TPSA) is 56.2 Å². The lowest BCUT2D eigenvalue weighted by atomic mass is 10.2. The third-order valence-corrected chi connectivity index (χ3v) is 5.63. The Hall–Kier alpha value is -2.47. The molecule has 2 aromatic heterocycles. The summed E-state index contributed by atoms with van der Waals surface area (Å²) in [6, 6.07) is 13.9. The monoisotopic (exact) mass is 367 g/mol. The van der Waals surface area contributed by atoms with Crippen molar-refractivity contribution >= 4 is 28.6 Å². The predicted octanol–water partition coefficient (Wildman–Crippen LogP) is 3.35. The molecule has 1 amide bonds. The van der Waals surface area contributed by atoms with Crippen molar-refractivity contribution in [2.24, 2.45) is 0 Å². The van der Waals surface area contributed by atoms with Crippen LogP contribution in [0, 0.1) is 0 Å². The quantitative estimate of drug-likeness (QED) is 0.726. The first-order valence-electron chi connectivity index (χ1n) is 8.83. The van der Waals surface area contributed by atoms with Crippen LogP contribution in [0.25, 0.3) is 10.9 Å². The molecular formula is C20H21N3O2S. The Labute approximate surface area is 156 Å². The number of thioether (sulfide) groups is 1. The summed E-state index contributed by atoms with van der Waals surface area (Å²) in [6.07, 6.45) is 4.86. The highest BCUT2D eigenvalue weighted by Gasteiger charge is 2.21. The minimum absolute atomic E-state index is 0.143. The summed E-state index contributed by atoms with van der Waals surface area (Å²) in [5.74, 6) is 2.35. The standard InChI is InChI=1S/C20H21N3O2S/c24-19(17-5-3-9-22-20(17)25-16-8-13-26-14-16)21-10-12-23-11-7-15-4-1-2-6-18(15)23/h1-7,9,11,16H,8,10,12-14H2,(H,21,24)/t16-/m1/s1. The van der Waals surface area contributed by atoms with Crippen LogP contribution in [0.3, 0.4) is 0 Å². The molecule has 0 unspecified atom stereocenters. The maximum absolute atomic E-state index is 12.6. The third-order valence-electron chi connectivity index (χ3n) is 4.50. The lowest BCUT2D eigenvalue weighted by molar-refractivity contribution is 0.0944. The Balaban J connectivity index is 1.39. The molecule has 0 spiro atoms. The molecule has 26 heavy (non-hydrogen) atoms. The fourth-order valence-electron chi connectivity index (χ4n) is 3.14. The average molecular weight is 367 g/mol. The first kappa shape index (κ1) is 17.0. The van der Waals surface area contributed by atoms with Crippen LogP contribution in [0.5, 0.6) is 5.88 Å². The van der Waals surface area contributed by atoms with E-state index in [4.69, 9.17) is 4.74 Å². The highest BCUT2D eigenvalue weighted by atomic mass is 32.2. The molecule has 0 aliphatic carbocycles. The highest BCUT2D eigenvalue weighted by molar-refractivity contribution is 7.99. The van der Waals surface area contributed by atoms with Gasteiger partial charge in [-0.1, -0.05) is 18.2 Å². The maximum atomic E-state index is 12.6. The van der Waals surface area contributed by atoms with Crippen LogP contribution >= 0.6 is 11.8 Å². The summed E-state index contributed by atoms with van der Waals surface area (Å²) in [7, 11) is 0. The number of rotatable bonds is 6. The maximum Gasteiger partial charge on any atom is 0.256 e. The van der Waals surface area contributed by atoms with Gasteiger partial charge >= 0.3 is 0 Å². The largest absolute Gasteiger partial charge is 0.473 e. The Bertz CT molecular complexity index is 903. The summed E-state index contributed by atoms with van der Waals surface area (Å²) in [4.78, 5) is 16.9. The minimum Gasteiger partial charge on any atom is -0.473 e. The second-order valence-electron chi connectivity index (χ2n) is 6.28. The lowest BCUT2D eigenvalue weighted by Crippen LogP contribution is -2.28. The smallest absolute Gasteiger partial charge is 0.256 e. The van der Waals surface area contributed by atoms with Crippen molar-refractivity contribution in [1.82, 2.24) is 14.9 Å². The Morgan fingerprint density at radius 3 is 3.08 bits per heavy atom. The molecule has 1 N–H and O–H groups in total. The summed E-state index contributed by atoms with van der Waals surface area (Å²) in [5.41, 5.74) is 1.67. The fraction of sp³-hybridized carbons (Fsp3) is 0.300. The van der Waals surface area contributed by atoms with E-state index < -0.39 is 0 Å². The van der Waals surface area contributed by atoms with Crippen LogP contribution in [0.1, 0.15) is 16.8 Å². The molecule has 0 radical (unpaired) electrons. The second-order valence-corrected chi connectivity index (χ2v) is 7.43. The van der Waals surface area contributed by atoms with Gasteiger partial charge < -0.3 is 14.6 Å². The number of nitrogens with one attached hydrogen (secondary N) is 1.